The number of quaternary nitrogens is 1. The predicted molar refractivity (Wildman–Crippen MR) is 115 cm³/mol. The van der Waals surface area contributed by atoms with Crippen molar-refractivity contribution in [1.82, 2.24) is 4.90 Å². The van der Waals surface area contributed by atoms with Crippen molar-refractivity contribution in [1.29, 1.82) is 0 Å². The SMILES string of the molecule is O=C1N(c2ccc(Cl)c(Cl)c2)CCCN1[C@H](C[NH+]1CCCC1)c1ccccc1. The molecule has 0 saturated carbocycles. The highest BCUT2D eigenvalue weighted by Gasteiger charge is 2.35. The van der Waals surface area contributed by atoms with E-state index in [9.17, 15) is 4.79 Å². The average molecular weight is 419 g/mol. The van der Waals surface area contributed by atoms with Crippen molar-refractivity contribution in [3.63, 3.8) is 0 Å². The molecule has 2 saturated heterocycles. The van der Waals surface area contributed by atoms with E-state index in [0.29, 0.717) is 16.6 Å². The molecule has 6 heteroatoms. The number of hydrogen-bond acceptors (Lipinski definition) is 1. The molecule has 0 radical (unpaired) electrons. The molecule has 0 aromatic heterocycles. The third kappa shape index (κ3) is 4.14. The molecule has 0 aliphatic carbocycles. The Bertz CT molecular complexity index is 824. The van der Waals surface area contributed by atoms with Crippen LogP contribution in [0.4, 0.5) is 10.5 Å². The second-order valence-electron chi connectivity index (χ2n) is 7.67. The van der Waals surface area contributed by atoms with E-state index >= 15 is 0 Å². The average Bonchev–Trinajstić information content (AvgIpc) is 3.23. The van der Waals surface area contributed by atoms with Crippen LogP contribution in [-0.2, 0) is 0 Å². The van der Waals surface area contributed by atoms with Gasteiger partial charge in [0.05, 0.1) is 23.1 Å². The first-order valence-corrected chi connectivity index (χ1v) is 10.8. The van der Waals surface area contributed by atoms with E-state index in [1.165, 1.54) is 31.5 Å². The fourth-order valence-electron chi connectivity index (χ4n) is 4.36. The van der Waals surface area contributed by atoms with E-state index in [4.69, 9.17) is 23.2 Å². The predicted octanol–water partition coefficient (Wildman–Crippen LogP) is 4.05. The lowest BCUT2D eigenvalue weighted by Crippen LogP contribution is -3.10. The maximum Gasteiger partial charge on any atom is 0.325 e. The fraction of sp³-hybridized carbons (Fsp3) is 0.409. The lowest BCUT2D eigenvalue weighted by molar-refractivity contribution is -0.890. The lowest BCUT2D eigenvalue weighted by atomic mass is 10.0. The highest BCUT2D eigenvalue weighted by atomic mass is 35.5. The van der Waals surface area contributed by atoms with E-state index in [1.807, 2.05) is 21.9 Å². The molecule has 2 aromatic rings. The normalized spacial score (nSPS) is 19.3. The summed E-state index contributed by atoms with van der Waals surface area (Å²) >= 11 is 12.3. The monoisotopic (exact) mass is 418 g/mol. The van der Waals surface area contributed by atoms with Crippen LogP contribution in [0.1, 0.15) is 30.9 Å². The topological polar surface area (TPSA) is 28.0 Å². The first kappa shape index (κ1) is 19.6. The molecule has 2 aliphatic rings. The van der Waals surface area contributed by atoms with Crippen molar-refractivity contribution >= 4 is 34.9 Å². The van der Waals surface area contributed by atoms with Gasteiger partial charge in [-0.3, -0.25) is 4.90 Å². The van der Waals surface area contributed by atoms with Crippen molar-refractivity contribution < 1.29 is 9.69 Å². The molecule has 4 nitrogen and oxygen atoms in total. The number of halogens is 2. The summed E-state index contributed by atoms with van der Waals surface area (Å²) in [4.78, 5) is 19.0. The number of carbonyl (C=O) groups excluding carboxylic acids is 1. The van der Waals surface area contributed by atoms with E-state index in [1.54, 1.807) is 17.0 Å². The largest absolute Gasteiger partial charge is 0.333 e. The fourth-order valence-corrected chi connectivity index (χ4v) is 4.66. The number of rotatable bonds is 5. The molecule has 148 valence electrons. The standard InChI is InChI=1S/C22H25Cl2N3O/c23-19-10-9-18(15-20(19)24)26-13-6-14-27(22(26)28)21(16-25-11-4-5-12-25)17-7-2-1-3-8-17/h1-3,7-10,15,21H,4-6,11-14,16H2/p+1/t21-/m1/s1. The van der Waals surface area contributed by atoms with Gasteiger partial charge in [-0.15, -0.1) is 0 Å². The molecular formula is C22H26Cl2N3O+. The Balaban J connectivity index is 1.61. The van der Waals surface area contributed by atoms with Gasteiger partial charge in [-0.2, -0.15) is 0 Å². The lowest BCUT2D eigenvalue weighted by Gasteiger charge is -2.40. The number of benzene rings is 2. The van der Waals surface area contributed by atoms with Gasteiger partial charge < -0.3 is 9.80 Å². The van der Waals surface area contributed by atoms with Crippen molar-refractivity contribution in [3.8, 4) is 0 Å². The van der Waals surface area contributed by atoms with Crippen LogP contribution in [0.25, 0.3) is 0 Å². The summed E-state index contributed by atoms with van der Waals surface area (Å²) in [5, 5.41) is 0.983. The van der Waals surface area contributed by atoms with Gasteiger partial charge in [-0.05, 0) is 30.2 Å². The Hall–Kier alpha value is -1.75. The quantitative estimate of drug-likeness (QED) is 0.779. The minimum atomic E-state index is 0.0529. The van der Waals surface area contributed by atoms with Crippen LogP contribution in [0.5, 0.6) is 0 Å². The van der Waals surface area contributed by atoms with Crippen LogP contribution in [0.3, 0.4) is 0 Å². The number of urea groups is 1. The second kappa shape index (κ2) is 8.73. The number of amides is 2. The first-order chi connectivity index (χ1) is 13.6. The summed E-state index contributed by atoms with van der Waals surface area (Å²) in [7, 11) is 0. The summed E-state index contributed by atoms with van der Waals surface area (Å²) in [5.74, 6) is 0. The summed E-state index contributed by atoms with van der Waals surface area (Å²) in [6.45, 7) is 4.84. The number of hydrogen-bond donors (Lipinski definition) is 1. The maximum atomic E-state index is 13.5. The van der Waals surface area contributed by atoms with Crippen molar-refractivity contribution in [2.75, 3.05) is 37.6 Å². The summed E-state index contributed by atoms with van der Waals surface area (Å²) in [6.07, 6.45) is 3.49. The van der Waals surface area contributed by atoms with Gasteiger partial charge in [0.15, 0.2) is 0 Å². The summed E-state index contributed by atoms with van der Waals surface area (Å²) in [6, 6.07) is 16.0. The van der Waals surface area contributed by atoms with Gasteiger partial charge in [0, 0.05) is 31.6 Å². The van der Waals surface area contributed by atoms with E-state index < -0.39 is 0 Å². The zero-order valence-electron chi connectivity index (χ0n) is 15.9. The highest BCUT2D eigenvalue weighted by molar-refractivity contribution is 6.42. The van der Waals surface area contributed by atoms with Crippen LogP contribution >= 0.6 is 23.2 Å². The molecule has 4 rings (SSSR count). The Kier molecular flexibility index (Phi) is 6.10. The number of nitrogens with one attached hydrogen (secondary N) is 1. The summed E-state index contributed by atoms with van der Waals surface area (Å²) in [5.41, 5.74) is 2.02. The molecule has 2 aliphatic heterocycles. The van der Waals surface area contributed by atoms with E-state index in [-0.39, 0.29) is 12.1 Å². The van der Waals surface area contributed by atoms with Gasteiger partial charge in [0.1, 0.15) is 12.6 Å². The van der Waals surface area contributed by atoms with Crippen molar-refractivity contribution in [3.05, 3.63) is 64.1 Å². The number of anilines is 1. The zero-order chi connectivity index (χ0) is 19.5. The summed E-state index contributed by atoms with van der Waals surface area (Å²) < 4.78 is 0. The van der Waals surface area contributed by atoms with E-state index in [2.05, 4.69) is 24.3 Å². The third-order valence-corrected chi connectivity index (χ3v) is 6.56. The first-order valence-electron chi connectivity index (χ1n) is 10.0. The molecule has 2 aromatic carbocycles. The van der Waals surface area contributed by atoms with Crippen LogP contribution < -0.4 is 9.80 Å². The molecule has 28 heavy (non-hydrogen) atoms. The van der Waals surface area contributed by atoms with Crippen LogP contribution in [0.15, 0.2) is 48.5 Å². The van der Waals surface area contributed by atoms with Gasteiger partial charge in [-0.1, -0.05) is 53.5 Å². The van der Waals surface area contributed by atoms with Crippen LogP contribution in [-0.4, -0.2) is 43.7 Å². The van der Waals surface area contributed by atoms with E-state index in [0.717, 1.165) is 25.2 Å². The molecule has 0 bridgehead atoms. The Morgan fingerprint density at radius 3 is 2.39 bits per heavy atom. The van der Waals surface area contributed by atoms with Gasteiger partial charge in [0.25, 0.3) is 0 Å². The van der Waals surface area contributed by atoms with Crippen molar-refractivity contribution in [2.45, 2.75) is 25.3 Å². The molecule has 1 atom stereocenters. The number of carbonyl (C=O) groups is 1. The Morgan fingerprint density at radius 1 is 0.929 bits per heavy atom. The van der Waals surface area contributed by atoms with Crippen LogP contribution in [0, 0.1) is 0 Å². The molecule has 0 spiro atoms. The number of nitrogens with zero attached hydrogens (tertiary/aromatic N) is 2. The molecule has 0 unspecified atom stereocenters. The molecule has 2 amide bonds. The molecular weight excluding hydrogens is 393 g/mol. The molecule has 2 heterocycles. The van der Waals surface area contributed by atoms with Crippen LogP contribution in [0.2, 0.25) is 10.0 Å². The molecule has 1 N–H and O–H groups in total. The Labute approximate surface area is 176 Å². The minimum absolute atomic E-state index is 0.0529. The van der Waals surface area contributed by atoms with Crippen molar-refractivity contribution in [2.24, 2.45) is 0 Å². The van der Waals surface area contributed by atoms with Gasteiger partial charge in [-0.25, -0.2) is 4.79 Å². The second-order valence-corrected chi connectivity index (χ2v) is 8.48. The van der Waals surface area contributed by atoms with Gasteiger partial charge >= 0.3 is 6.03 Å². The highest BCUT2D eigenvalue weighted by Crippen LogP contribution is 2.31. The Morgan fingerprint density at radius 2 is 1.68 bits per heavy atom. The third-order valence-electron chi connectivity index (χ3n) is 5.83. The smallest absolute Gasteiger partial charge is 0.325 e. The van der Waals surface area contributed by atoms with Gasteiger partial charge in [0.2, 0.25) is 0 Å². The molecule has 2 fully saturated rings. The number of likely N-dealkylation sites (tertiary alicyclic amines) is 1. The minimum Gasteiger partial charge on any atom is -0.333 e. The zero-order valence-corrected chi connectivity index (χ0v) is 17.4. The maximum absolute atomic E-state index is 13.5.